The Hall–Kier alpha value is -14.2. The van der Waals surface area contributed by atoms with Crippen LogP contribution in [0.15, 0.2) is 300 Å². The number of nitrogens with zero attached hydrogens (tertiary/aromatic N) is 8. The molecule has 20 rings (SSSR count). The largest absolute Gasteiger partial charge is 0.456 e. The number of fused-ring (bicyclic) bond motifs is 20. The van der Waals surface area contributed by atoms with Crippen molar-refractivity contribution < 1.29 is 8.83 Å². The van der Waals surface area contributed by atoms with Gasteiger partial charge in [-0.05, 0) is 133 Å². The molecule has 0 saturated heterocycles. The molecule has 452 valence electrons. The first-order chi connectivity index (χ1) is 48.5. The molecule has 0 aliphatic heterocycles. The molecule has 0 aliphatic rings. The molecular weight excluding hydrogens is 1200 g/mol. The summed E-state index contributed by atoms with van der Waals surface area (Å²) in [7, 11) is 0. The topological polar surface area (TPSA) is 141 Å². The van der Waals surface area contributed by atoms with E-state index in [9.17, 15) is 21.0 Å². The molecule has 0 spiro atoms. The van der Waals surface area contributed by atoms with E-state index in [1.165, 1.54) is 0 Å². The van der Waals surface area contributed by atoms with Crippen LogP contribution in [-0.2, 0) is 0 Å². The first-order valence-electron chi connectivity index (χ1n) is 32.3. The van der Waals surface area contributed by atoms with Crippen LogP contribution in [0, 0.1) is 45.3 Å². The van der Waals surface area contributed by atoms with E-state index >= 15 is 0 Å². The molecule has 14 aromatic carbocycles. The van der Waals surface area contributed by atoms with E-state index in [4.69, 9.17) is 8.83 Å². The summed E-state index contributed by atoms with van der Waals surface area (Å²) >= 11 is 0. The van der Waals surface area contributed by atoms with Crippen LogP contribution >= 0.6 is 0 Å². The second-order valence-electron chi connectivity index (χ2n) is 24.7. The van der Waals surface area contributed by atoms with Crippen molar-refractivity contribution in [3.63, 3.8) is 0 Å². The summed E-state index contributed by atoms with van der Waals surface area (Å²) in [6.45, 7) is 0. The Morgan fingerprint density at radius 3 is 1.38 bits per heavy atom. The van der Waals surface area contributed by atoms with Crippen LogP contribution in [0.1, 0.15) is 22.3 Å². The summed E-state index contributed by atoms with van der Waals surface area (Å²) in [5, 5.41) is 55.0. The Morgan fingerprint density at radius 2 is 0.755 bits per heavy atom. The van der Waals surface area contributed by atoms with Crippen LogP contribution in [0.3, 0.4) is 0 Å². The first-order valence-corrected chi connectivity index (χ1v) is 32.3. The Bertz CT molecular complexity index is 6910. The van der Waals surface area contributed by atoms with Gasteiger partial charge in [0.15, 0.2) is 0 Å². The van der Waals surface area contributed by atoms with Crippen LogP contribution in [0.25, 0.3) is 176 Å². The van der Waals surface area contributed by atoms with E-state index < -0.39 is 0 Å². The van der Waals surface area contributed by atoms with Gasteiger partial charge in [-0.25, -0.2) is 0 Å². The number of hydrogen-bond acceptors (Lipinski definition) is 6. The number of rotatable bonds is 6. The van der Waals surface area contributed by atoms with E-state index in [0.29, 0.717) is 27.8 Å². The van der Waals surface area contributed by atoms with Gasteiger partial charge in [0.25, 0.3) is 0 Å². The average Bonchev–Trinajstić information content (AvgIpc) is 1.54. The molecule has 0 amide bonds. The van der Waals surface area contributed by atoms with E-state index in [2.05, 4.69) is 188 Å². The van der Waals surface area contributed by atoms with E-state index in [-0.39, 0.29) is 0 Å². The van der Waals surface area contributed by atoms with Gasteiger partial charge in [-0.3, -0.25) is 0 Å². The Morgan fingerprint density at radius 1 is 0.255 bits per heavy atom. The van der Waals surface area contributed by atoms with Crippen molar-refractivity contribution in [1.82, 2.24) is 18.3 Å². The molecule has 0 atom stereocenters. The van der Waals surface area contributed by atoms with Crippen molar-refractivity contribution in [3.8, 4) is 69.3 Å². The predicted molar refractivity (Wildman–Crippen MR) is 395 cm³/mol. The van der Waals surface area contributed by atoms with Crippen LogP contribution in [0.4, 0.5) is 0 Å². The smallest absolute Gasteiger partial charge is 0.145 e. The fraction of sp³-hybridized carbons (Fsp3) is 0. The van der Waals surface area contributed by atoms with Crippen LogP contribution < -0.4 is 0 Å². The third-order valence-electron chi connectivity index (χ3n) is 19.6. The fourth-order valence-corrected chi connectivity index (χ4v) is 15.5. The van der Waals surface area contributed by atoms with Gasteiger partial charge in [0.1, 0.15) is 28.4 Å². The standard InChI is InChI=1S/2C44H24N4O/c45-25-27-10-9-18-39(48-36-15-5-1-11-31(36)32-12-2-6-16-37(32)48)42(27)30-21-20-29(24-28(30)26-46)47-38-17-7-3-14-35(38)43-40(47)23-22-34-33-13-4-8-19-41(33)49-44(34)43;45-25-27-17-19-39(48-36-13-5-1-9-30(36)31-10-2-6-14-37(31)48)34(23-27)28-18-20-35(29(24-28)26-46)47-38-15-7-3-11-32(38)43-40(47)21-22-42-44(43)33-12-4-8-16-41(33)49-42/h2*1-24H. The van der Waals surface area contributed by atoms with Gasteiger partial charge < -0.3 is 27.1 Å². The van der Waals surface area contributed by atoms with Crippen molar-refractivity contribution in [1.29, 1.82) is 21.0 Å². The summed E-state index contributed by atoms with van der Waals surface area (Å²) in [5.41, 5.74) is 20.4. The molecule has 0 bridgehead atoms. The zero-order valence-electron chi connectivity index (χ0n) is 52.1. The Kier molecular flexibility index (Phi) is 12.3. The van der Waals surface area contributed by atoms with Gasteiger partial charge in [-0.2, -0.15) is 21.0 Å². The van der Waals surface area contributed by atoms with Crippen LogP contribution in [0.2, 0.25) is 0 Å². The zero-order chi connectivity index (χ0) is 65.3. The molecule has 98 heavy (non-hydrogen) atoms. The maximum Gasteiger partial charge on any atom is 0.145 e. The van der Waals surface area contributed by atoms with Gasteiger partial charge >= 0.3 is 0 Å². The quantitative estimate of drug-likeness (QED) is 0.162. The number of para-hydroxylation sites is 8. The maximum absolute atomic E-state index is 10.7. The molecular formula is C88H48N8O2. The normalized spacial score (nSPS) is 11.6. The summed E-state index contributed by atoms with van der Waals surface area (Å²) in [5.74, 6) is 0. The lowest BCUT2D eigenvalue weighted by Crippen LogP contribution is -2.02. The number of benzene rings is 14. The highest BCUT2D eigenvalue weighted by atomic mass is 16.3. The molecule has 10 heteroatoms. The number of aromatic nitrogens is 4. The highest BCUT2D eigenvalue weighted by molar-refractivity contribution is 6.28. The minimum absolute atomic E-state index is 0.484. The molecule has 0 unspecified atom stereocenters. The molecule has 0 N–H and O–H groups in total. The third kappa shape index (κ3) is 8.11. The lowest BCUT2D eigenvalue weighted by molar-refractivity contribution is 0.669. The maximum atomic E-state index is 10.7. The highest BCUT2D eigenvalue weighted by Gasteiger charge is 2.26. The molecule has 0 fully saturated rings. The lowest BCUT2D eigenvalue weighted by atomic mass is 9.93. The summed E-state index contributed by atoms with van der Waals surface area (Å²) in [6, 6.07) is 108. The SMILES string of the molecule is N#Cc1cc(-n2c3ccccc3c3c4oc5ccccc5c4ccc32)ccc1-c1c(C#N)cccc1-n1c2ccccc2c2ccccc21.N#Cc1ccc(-n2c3ccccc3c3ccccc32)c(-c2ccc(-n3c4ccccc4c4c5c(ccc43)oc3ccccc35)c(C#N)c2)c1. The second-order valence-corrected chi connectivity index (χ2v) is 24.7. The predicted octanol–water partition coefficient (Wildman–Crippen LogP) is 22.4. The van der Waals surface area contributed by atoms with Crippen molar-refractivity contribution >= 4 is 131 Å². The van der Waals surface area contributed by atoms with Crippen molar-refractivity contribution in [3.05, 3.63) is 313 Å². The fourth-order valence-electron chi connectivity index (χ4n) is 15.5. The van der Waals surface area contributed by atoms with Crippen molar-refractivity contribution in [2.24, 2.45) is 0 Å². The van der Waals surface area contributed by atoms with Crippen LogP contribution in [-0.4, -0.2) is 18.3 Å². The minimum Gasteiger partial charge on any atom is -0.456 e. The van der Waals surface area contributed by atoms with Crippen molar-refractivity contribution in [2.45, 2.75) is 0 Å². The molecule has 0 saturated carbocycles. The monoisotopic (exact) mass is 1250 g/mol. The lowest BCUT2D eigenvalue weighted by Gasteiger charge is -2.17. The Labute approximate surface area is 558 Å². The highest BCUT2D eigenvalue weighted by Crippen LogP contribution is 2.46. The number of furan rings is 2. The minimum atomic E-state index is 0.484. The summed E-state index contributed by atoms with van der Waals surface area (Å²) < 4.78 is 21.6. The molecule has 6 aromatic heterocycles. The van der Waals surface area contributed by atoms with E-state index in [1.54, 1.807) is 0 Å². The average molecular weight is 1250 g/mol. The summed E-state index contributed by atoms with van der Waals surface area (Å²) in [4.78, 5) is 0. The van der Waals surface area contributed by atoms with Crippen LogP contribution in [0.5, 0.6) is 0 Å². The van der Waals surface area contributed by atoms with Gasteiger partial charge in [0.2, 0.25) is 0 Å². The molecule has 0 aliphatic carbocycles. The summed E-state index contributed by atoms with van der Waals surface area (Å²) in [6.07, 6.45) is 0. The second kappa shape index (κ2) is 21.7. The molecule has 20 aromatic rings. The first kappa shape index (κ1) is 55.5. The van der Waals surface area contributed by atoms with E-state index in [0.717, 1.165) is 171 Å². The number of hydrogen-bond donors (Lipinski definition) is 0. The number of nitriles is 4. The van der Waals surface area contributed by atoms with Gasteiger partial charge in [-0.1, -0.05) is 164 Å². The van der Waals surface area contributed by atoms with E-state index in [1.807, 2.05) is 146 Å². The third-order valence-corrected chi connectivity index (χ3v) is 19.6. The van der Waals surface area contributed by atoms with Gasteiger partial charge in [0.05, 0.1) is 107 Å². The molecule has 0 radical (unpaired) electrons. The van der Waals surface area contributed by atoms with Crippen molar-refractivity contribution in [2.75, 3.05) is 0 Å². The van der Waals surface area contributed by atoms with Gasteiger partial charge in [-0.15, -0.1) is 0 Å². The molecule has 6 heterocycles. The molecule has 10 nitrogen and oxygen atoms in total. The zero-order valence-corrected chi connectivity index (χ0v) is 52.1. The van der Waals surface area contributed by atoms with Gasteiger partial charge in [0, 0.05) is 81.6 Å². The Balaban J connectivity index is 0.000000137.